The molecule has 0 radical (unpaired) electrons. The zero-order chi connectivity index (χ0) is 21.6. The first-order chi connectivity index (χ1) is 13.7. The van der Waals surface area contributed by atoms with Gasteiger partial charge in [-0.3, -0.25) is 4.79 Å². The predicted octanol–water partition coefficient (Wildman–Crippen LogP) is 5.06. The molecule has 9 heteroatoms. The lowest BCUT2D eigenvalue weighted by Gasteiger charge is -2.14. The Morgan fingerprint density at radius 3 is 2.45 bits per heavy atom. The van der Waals surface area contributed by atoms with Crippen molar-refractivity contribution in [2.45, 2.75) is 19.1 Å². The summed E-state index contributed by atoms with van der Waals surface area (Å²) in [7, 11) is 1.55. The monoisotopic (exact) mass is 423 g/mol. The first kappa shape index (κ1) is 22.1. The van der Waals surface area contributed by atoms with Crippen LogP contribution in [-0.4, -0.2) is 13.0 Å². The quantitative estimate of drug-likeness (QED) is 0.503. The first-order valence-corrected chi connectivity index (χ1v) is 8.72. The van der Waals surface area contributed by atoms with Crippen LogP contribution in [0.15, 0.2) is 54.2 Å². The van der Waals surface area contributed by atoms with Crippen molar-refractivity contribution in [1.29, 1.82) is 5.26 Å². The van der Waals surface area contributed by atoms with E-state index in [0.29, 0.717) is 11.8 Å². The van der Waals surface area contributed by atoms with Crippen LogP contribution in [0.3, 0.4) is 0 Å². The Bertz CT molecular complexity index is 951. The number of halogens is 4. The molecule has 2 aromatic carbocycles. The number of nitriles is 1. The van der Waals surface area contributed by atoms with Crippen LogP contribution in [0.4, 0.5) is 18.9 Å². The molecule has 0 aliphatic rings. The second-order valence-corrected chi connectivity index (χ2v) is 6.39. The summed E-state index contributed by atoms with van der Waals surface area (Å²) >= 11 is 5.55. The molecular formula is C20H17ClF3N3O2. The van der Waals surface area contributed by atoms with E-state index in [2.05, 4.69) is 10.6 Å². The number of anilines is 1. The summed E-state index contributed by atoms with van der Waals surface area (Å²) in [4.78, 5) is 12.2. The summed E-state index contributed by atoms with van der Waals surface area (Å²) in [6.45, 7) is 1.82. The third kappa shape index (κ3) is 5.90. The van der Waals surface area contributed by atoms with Crippen molar-refractivity contribution in [3.63, 3.8) is 0 Å². The van der Waals surface area contributed by atoms with Crippen molar-refractivity contribution in [2.24, 2.45) is 0 Å². The predicted molar refractivity (Wildman–Crippen MR) is 103 cm³/mol. The summed E-state index contributed by atoms with van der Waals surface area (Å²) in [6.07, 6.45) is -3.45. The van der Waals surface area contributed by atoms with E-state index in [-0.39, 0.29) is 17.3 Å². The summed E-state index contributed by atoms with van der Waals surface area (Å²) in [5, 5.41) is 13.9. The largest absolute Gasteiger partial charge is 0.497 e. The van der Waals surface area contributed by atoms with Gasteiger partial charge in [0.15, 0.2) is 0 Å². The maximum Gasteiger partial charge on any atom is 0.417 e. The number of carbonyl (C=O) groups excluding carboxylic acids is 1. The van der Waals surface area contributed by atoms with Gasteiger partial charge >= 0.3 is 6.18 Å². The Balaban J connectivity index is 2.11. The Morgan fingerprint density at radius 2 is 1.90 bits per heavy atom. The Morgan fingerprint density at radius 1 is 1.24 bits per heavy atom. The SMILES string of the molecule is COc1ccc(C(C)N/C=C(/C#N)C(=O)Nc2ccc(Cl)c(C(F)(F)F)c2)cc1. The van der Waals surface area contributed by atoms with Crippen LogP contribution in [0, 0.1) is 11.3 Å². The van der Waals surface area contributed by atoms with Gasteiger partial charge in [-0.05, 0) is 42.8 Å². The average molecular weight is 424 g/mol. The fraction of sp³-hybridized carbons (Fsp3) is 0.200. The molecule has 1 unspecified atom stereocenters. The number of methoxy groups -OCH3 is 1. The molecule has 2 N–H and O–H groups in total. The molecule has 0 aliphatic heterocycles. The smallest absolute Gasteiger partial charge is 0.417 e. The maximum absolute atomic E-state index is 12.9. The topological polar surface area (TPSA) is 74.1 Å². The number of nitrogens with one attached hydrogen (secondary N) is 2. The molecule has 0 aromatic heterocycles. The van der Waals surface area contributed by atoms with E-state index in [1.165, 1.54) is 12.3 Å². The van der Waals surface area contributed by atoms with Crippen LogP contribution >= 0.6 is 11.6 Å². The molecule has 0 saturated carbocycles. The Hall–Kier alpha value is -3.18. The minimum Gasteiger partial charge on any atom is -0.497 e. The fourth-order valence-corrected chi connectivity index (χ4v) is 2.59. The number of amides is 1. The molecule has 2 aromatic rings. The molecule has 5 nitrogen and oxygen atoms in total. The molecule has 2 rings (SSSR count). The highest BCUT2D eigenvalue weighted by atomic mass is 35.5. The lowest BCUT2D eigenvalue weighted by atomic mass is 10.1. The van der Waals surface area contributed by atoms with Gasteiger partial charge in [-0.25, -0.2) is 0 Å². The fourth-order valence-electron chi connectivity index (χ4n) is 2.36. The minimum absolute atomic E-state index is 0.129. The Kier molecular flexibility index (Phi) is 7.13. The average Bonchev–Trinajstić information content (AvgIpc) is 2.69. The number of nitrogens with zero attached hydrogens (tertiary/aromatic N) is 1. The normalized spacial score (nSPS) is 12.7. The van der Waals surface area contributed by atoms with Gasteiger partial charge in [-0.15, -0.1) is 0 Å². The van der Waals surface area contributed by atoms with Gasteiger partial charge in [0, 0.05) is 17.9 Å². The van der Waals surface area contributed by atoms with E-state index in [1.807, 2.05) is 19.1 Å². The third-order valence-corrected chi connectivity index (χ3v) is 4.32. The highest BCUT2D eigenvalue weighted by Crippen LogP contribution is 2.36. The lowest BCUT2D eigenvalue weighted by molar-refractivity contribution is -0.137. The van der Waals surface area contributed by atoms with E-state index in [9.17, 15) is 23.2 Å². The van der Waals surface area contributed by atoms with Crippen molar-refractivity contribution in [3.05, 3.63) is 70.4 Å². The third-order valence-electron chi connectivity index (χ3n) is 3.99. The molecule has 0 bridgehead atoms. The summed E-state index contributed by atoms with van der Waals surface area (Å²) in [5.41, 5.74) is -0.622. The zero-order valence-electron chi connectivity index (χ0n) is 15.5. The molecule has 29 heavy (non-hydrogen) atoms. The Labute approximate surface area is 170 Å². The molecule has 0 fully saturated rings. The number of benzene rings is 2. The molecule has 1 amide bonds. The van der Waals surface area contributed by atoms with E-state index < -0.39 is 22.7 Å². The highest BCUT2D eigenvalue weighted by Gasteiger charge is 2.33. The minimum atomic E-state index is -4.67. The summed E-state index contributed by atoms with van der Waals surface area (Å²) in [5.74, 6) is -0.160. The highest BCUT2D eigenvalue weighted by molar-refractivity contribution is 6.31. The van der Waals surface area contributed by atoms with Crippen LogP contribution < -0.4 is 15.4 Å². The van der Waals surface area contributed by atoms with Crippen molar-refractivity contribution in [1.82, 2.24) is 5.32 Å². The van der Waals surface area contributed by atoms with Gasteiger partial charge in [0.05, 0.1) is 17.7 Å². The van der Waals surface area contributed by atoms with Crippen molar-refractivity contribution in [2.75, 3.05) is 12.4 Å². The molecule has 0 saturated heterocycles. The number of carbonyl (C=O) groups is 1. The molecule has 0 aliphatic carbocycles. The molecule has 152 valence electrons. The number of hydrogen-bond acceptors (Lipinski definition) is 4. The molecule has 0 heterocycles. The van der Waals surface area contributed by atoms with Crippen molar-refractivity contribution in [3.8, 4) is 11.8 Å². The second-order valence-electron chi connectivity index (χ2n) is 5.98. The van der Waals surface area contributed by atoms with Gasteiger partial charge in [0.2, 0.25) is 0 Å². The van der Waals surface area contributed by atoms with E-state index in [4.69, 9.17) is 16.3 Å². The van der Waals surface area contributed by atoms with Gasteiger partial charge in [-0.2, -0.15) is 18.4 Å². The summed E-state index contributed by atoms with van der Waals surface area (Å²) in [6, 6.07) is 11.6. The zero-order valence-corrected chi connectivity index (χ0v) is 16.2. The molecular weight excluding hydrogens is 407 g/mol. The summed E-state index contributed by atoms with van der Waals surface area (Å²) < 4.78 is 43.9. The van der Waals surface area contributed by atoms with Crippen LogP contribution in [0.2, 0.25) is 5.02 Å². The number of alkyl halides is 3. The van der Waals surface area contributed by atoms with Crippen LogP contribution in [0.25, 0.3) is 0 Å². The number of ether oxygens (including phenoxy) is 1. The van der Waals surface area contributed by atoms with Gasteiger partial charge < -0.3 is 15.4 Å². The van der Waals surface area contributed by atoms with E-state index in [0.717, 1.165) is 11.6 Å². The molecule has 1 atom stereocenters. The van der Waals surface area contributed by atoms with Crippen molar-refractivity contribution < 1.29 is 22.7 Å². The van der Waals surface area contributed by atoms with E-state index in [1.54, 1.807) is 25.3 Å². The number of hydrogen-bond donors (Lipinski definition) is 2. The maximum atomic E-state index is 12.9. The van der Waals surface area contributed by atoms with Crippen LogP contribution in [0.1, 0.15) is 24.1 Å². The van der Waals surface area contributed by atoms with Crippen LogP contribution in [-0.2, 0) is 11.0 Å². The molecule has 0 spiro atoms. The van der Waals surface area contributed by atoms with Gasteiger partial charge in [-0.1, -0.05) is 23.7 Å². The van der Waals surface area contributed by atoms with Gasteiger partial charge in [0.25, 0.3) is 5.91 Å². The van der Waals surface area contributed by atoms with E-state index >= 15 is 0 Å². The lowest BCUT2D eigenvalue weighted by Crippen LogP contribution is -2.19. The second kappa shape index (κ2) is 9.34. The first-order valence-electron chi connectivity index (χ1n) is 8.34. The standard InChI is InChI=1S/C20H17ClF3N3O2/c1-12(13-3-6-16(29-2)7-4-13)26-11-14(10-25)19(28)27-15-5-8-18(21)17(9-15)20(22,23)24/h3-9,11-12,26H,1-2H3,(H,27,28)/b14-11-. The van der Waals surface area contributed by atoms with Gasteiger partial charge in [0.1, 0.15) is 17.4 Å². The number of rotatable bonds is 6. The van der Waals surface area contributed by atoms with Crippen LogP contribution in [0.5, 0.6) is 5.75 Å². The van der Waals surface area contributed by atoms with Crippen molar-refractivity contribution >= 4 is 23.2 Å².